The number of para-hydroxylation sites is 1. The monoisotopic (exact) mass is 390 g/mol. The van der Waals surface area contributed by atoms with E-state index in [1.165, 1.54) is 21.8 Å². The molecule has 136 valence electrons. The van der Waals surface area contributed by atoms with Gasteiger partial charge in [-0.05, 0) is 24.1 Å². The Kier molecular flexibility index (Phi) is 5.64. The van der Waals surface area contributed by atoms with Crippen LogP contribution in [-0.2, 0) is 0 Å². The minimum absolute atomic E-state index is 0.167. The van der Waals surface area contributed by atoms with Crippen molar-refractivity contribution in [1.82, 2.24) is 9.38 Å². The number of rotatable bonds is 6. The van der Waals surface area contributed by atoms with Gasteiger partial charge in [0.05, 0.1) is 19.4 Å². The molecule has 2 aromatic heterocycles. The van der Waals surface area contributed by atoms with Gasteiger partial charge in [-0.3, -0.25) is 9.20 Å². The first-order valence-corrected chi connectivity index (χ1v) is 9.34. The number of aromatic nitrogens is 2. The smallest absolute Gasteiger partial charge is 0.259 e. The van der Waals surface area contributed by atoms with Gasteiger partial charge in [0.25, 0.3) is 5.56 Å². The molecule has 5 nitrogen and oxygen atoms in total. The molecule has 26 heavy (non-hydrogen) atoms. The highest BCUT2D eigenvalue weighted by molar-refractivity contribution is 7.20. The molecular weight excluding hydrogens is 372 g/mol. The zero-order chi connectivity index (χ0) is 18.7. The molecule has 0 unspecified atom stereocenters. The number of hydrogen-bond donors (Lipinski definition) is 0. The molecule has 0 aliphatic carbocycles. The second-order valence-electron chi connectivity index (χ2n) is 6.12. The normalized spacial score (nSPS) is 11.6. The van der Waals surface area contributed by atoms with Gasteiger partial charge in [-0.15, -0.1) is 0 Å². The van der Waals surface area contributed by atoms with Crippen molar-refractivity contribution in [3.63, 3.8) is 0 Å². The van der Waals surface area contributed by atoms with Crippen LogP contribution in [0.3, 0.4) is 0 Å². The maximum Gasteiger partial charge on any atom is 0.259 e. The quantitative estimate of drug-likeness (QED) is 0.616. The summed E-state index contributed by atoms with van der Waals surface area (Å²) in [6, 6.07) is 7.16. The molecule has 3 rings (SSSR count). The third-order valence-corrected chi connectivity index (χ3v) is 4.68. The molecule has 0 aliphatic heterocycles. The van der Waals surface area contributed by atoms with Crippen molar-refractivity contribution in [3.8, 4) is 11.5 Å². The summed E-state index contributed by atoms with van der Waals surface area (Å²) in [5.74, 6) is 1.74. The van der Waals surface area contributed by atoms with Gasteiger partial charge < -0.3 is 9.47 Å². The van der Waals surface area contributed by atoms with Gasteiger partial charge in [0, 0.05) is 17.8 Å². The number of thiazole rings is 1. The Balaban J connectivity index is 1.96. The maximum atomic E-state index is 12.2. The van der Waals surface area contributed by atoms with Crippen molar-refractivity contribution < 1.29 is 9.47 Å². The molecule has 0 N–H and O–H groups in total. The van der Waals surface area contributed by atoms with Gasteiger partial charge in [-0.1, -0.05) is 48.9 Å². The van der Waals surface area contributed by atoms with E-state index in [2.05, 4.69) is 18.8 Å². The molecular formula is C19H19ClN2O3S. The van der Waals surface area contributed by atoms with Crippen LogP contribution in [0.5, 0.6) is 11.5 Å². The molecule has 1 aromatic carbocycles. The molecule has 0 atom stereocenters. The van der Waals surface area contributed by atoms with E-state index in [0.717, 1.165) is 5.56 Å². The van der Waals surface area contributed by atoms with Crippen LogP contribution in [0.25, 0.3) is 17.1 Å². The first-order valence-electron chi connectivity index (χ1n) is 8.14. The molecule has 7 heteroatoms. The average molecular weight is 391 g/mol. The largest absolute Gasteiger partial charge is 0.493 e. The van der Waals surface area contributed by atoms with Crippen molar-refractivity contribution in [2.45, 2.75) is 13.8 Å². The molecule has 3 aromatic rings. The van der Waals surface area contributed by atoms with Crippen LogP contribution in [-0.4, -0.2) is 23.1 Å². The lowest BCUT2D eigenvalue weighted by Gasteiger charge is -2.14. The standard InChI is InChI=1S/C19H19ClN2O3S/c1-12(2)11-25-18-13(5-4-6-15(18)24-3)7-8-14-9-17(23)22-10-16(20)26-19(22)21-14/h4-10,12H,11H2,1-3H3/b8-7+. The Labute approximate surface area is 160 Å². The summed E-state index contributed by atoms with van der Waals surface area (Å²) in [4.78, 5) is 17.2. The second-order valence-corrected chi connectivity index (χ2v) is 7.76. The highest BCUT2D eigenvalue weighted by Crippen LogP contribution is 2.32. The van der Waals surface area contributed by atoms with Crippen LogP contribution >= 0.6 is 22.9 Å². The van der Waals surface area contributed by atoms with Gasteiger partial charge in [-0.25, -0.2) is 4.98 Å². The second kappa shape index (κ2) is 7.93. The van der Waals surface area contributed by atoms with Crippen LogP contribution in [0.1, 0.15) is 25.1 Å². The number of nitrogens with zero attached hydrogens (tertiary/aromatic N) is 2. The van der Waals surface area contributed by atoms with Crippen LogP contribution in [0.4, 0.5) is 0 Å². The molecule has 0 aliphatic rings. The molecule has 0 saturated carbocycles. The predicted molar refractivity (Wildman–Crippen MR) is 107 cm³/mol. The topological polar surface area (TPSA) is 52.8 Å². The minimum atomic E-state index is -0.167. The molecule has 0 spiro atoms. The van der Waals surface area contributed by atoms with Crippen LogP contribution in [0.15, 0.2) is 35.3 Å². The van der Waals surface area contributed by atoms with E-state index in [1.807, 2.05) is 24.3 Å². The summed E-state index contributed by atoms with van der Waals surface area (Å²) in [7, 11) is 1.61. The van der Waals surface area contributed by atoms with Gasteiger partial charge >= 0.3 is 0 Å². The minimum Gasteiger partial charge on any atom is -0.493 e. The van der Waals surface area contributed by atoms with E-state index in [-0.39, 0.29) is 5.56 Å². The van der Waals surface area contributed by atoms with E-state index < -0.39 is 0 Å². The Morgan fingerprint density at radius 1 is 1.35 bits per heavy atom. The summed E-state index contributed by atoms with van der Waals surface area (Å²) in [6.07, 6.45) is 5.22. The fourth-order valence-corrected chi connectivity index (χ4v) is 3.41. The zero-order valence-electron chi connectivity index (χ0n) is 14.7. The number of methoxy groups -OCH3 is 1. The van der Waals surface area contributed by atoms with Crippen LogP contribution in [0, 0.1) is 5.92 Å². The Hall–Kier alpha value is -2.31. The summed E-state index contributed by atoms with van der Waals surface area (Å²) < 4.78 is 13.3. The number of benzene rings is 1. The van der Waals surface area contributed by atoms with E-state index in [1.54, 1.807) is 19.4 Å². The predicted octanol–water partition coefficient (Wildman–Crippen LogP) is 4.62. The van der Waals surface area contributed by atoms with Gasteiger partial charge in [0.1, 0.15) is 4.34 Å². The van der Waals surface area contributed by atoms with Crippen molar-refractivity contribution >= 4 is 40.1 Å². The third kappa shape index (κ3) is 4.08. The molecule has 0 saturated heterocycles. The summed E-state index contributed by atoms with van der Waals surface area (Å²) in [5, 5.41) is 0. The summed E-state index contributed by atoms with van der Waals surface area (Å²) in [6.45, 7) is 4.76. The Morgan fingerprint density at radius 3 is 2.88 bits per heavy atom. The molecule has 0 bridgehead atoms. The fraction of sp³-hybridized carbons (Fsp3) is 0.263. The Morgan fingerprint density at radius 2 is 2.15 bits per heavy atom. The first kappa shape index (κ1) is 18.5. The van der Waals surface area contributed by atoms with E-state index in [0.29, 0.717) is 39.0 Å². The van der Waals surface area contributed by atoms with E-state index in [4.69, 9.17) is 21.1 Å². The molecule has 2 heterocycles. The lowest BCUT2D eigenvalue weighted by molar-refractivity contribution is 0.256. The van der Waals surface area contributed by atoms with E-state index in [9.17, 15) is 4.79 Å². The number of ether oxygens (including phenoxy) is 2. The summed E-state index contributed by atoms with van der Waals surface area (Å²) in [5.41, 5.74) is 1.25. The number of fused-ring (bicyclic) bond motifs is 1. The van der Waals surface area contributed by atoms with E-state index >= 15 is 0 Å². The molecule has 0 amide bonds. The highest BCUT2D eigenvalue weighted by Gasteiger charge is 2.10. The first-order chi connectivity index (χ1) is 12.5. The van der Waals surface area contributed by atoms with Gasteiger partial charge in [-0.2, -0.15) is 0 Å². The maximum absolute atomic E-state index is 12.2. The van der Waals surface area contributed by atoms with Crippen molar-refractivity contribution in [1.29, 1.82) is 0 Å². The van der Waals surface area contributed by atoms with Crippen molar-refractivity contribution in [3.05, 3.63) is 56.4 Å². The molecule has 0 fully saturated rings. The third-order valence-electron chi connectivity index (χ3n) is 3.58. The van der Waals surface area contributed by atoms with Crippen LogP contribution < -0.4 is 15.0 Å². The van der Waals surface area contributed by atoms with Gasteiger partial charge in [0.2, 0.25) is 0 Å². The Bertz CT molecular complexity index is 1010. The summed E-state index contributed by atoms with van der Waals surface area (Å²) >= 11 is 7.23. The van der Waals surface area contributed by atoms with Gasteiger partial charge in [0.15, 0.2) is 16.5 Å². The lowest BCUT2D eigenvalue weighted by Crippen LogP contribution is -2.11. The molecule has 0 radical (unpaired) electrons. The highest BCUT2D eigenvalue weighted by atomic mass is 35.5. The van der Waals surface area contributed by atoms with Crippen LogP contribution in [0.2, 0.25) is 4.34 Å². The van der Waals surface area contributed by atoms with Crippen molar-refractivity contribution in [2.24, 2.45) is 5.92 Å². The number of hydrogen-bond acceptors (Lipinski definition) is 5. The lowest BCUT2D eigenvalue weighted by atomic mass is 10.1. The SMILES string of the molecule is COc1cccc(/C=C/c2cc(=O)n3cc(Cl)sc3n2)c1OCC(C)C. The fourth-order valence-electron chi connectivity index (χ4n) is 2.38. The zero-order valence-corrected chi connectivity index (χ0v) is 16.3. The average Bonchev–Trinajstić information content (AvgIpc) is 2.99. The number of halogens is 1. The van der Waals surface area contributed by atoms with Crippen molar-refractivity contribution in [2.75, 3.05) is 13.7 Å².